The topological polar surface area (TPSA) is 52.9 Å². The van der Waals surface area contributed by atoms with Crippen molar-refractivity contribution in [3.05, 3.63) is 64.3 Å². The first-order valence-electron chi connectivity index (χ1n) is 7.83. The van der Waals surface area contributed by atoms with Gasteiger partial charge in [-0.3, -0.25) is 9.69 Å². The monoisotopic (exact) mass is 356 g/mol. The number of nitrogens with zero attached hydrogens (tertiary/aromatic N) is 2. The number of aromatic hydroxyl groups is 1. The lowest BCUT2D eigenvalue weighted by atomic mass is 10.2. The van der Waals surface area contributed by atoms with Crippen molar-refractivity contribution in [2.45, 2.75) is 13.8 Å². The minimum Gasteiger partial charge on any atom is -0.506 e. The number of aryl methyl sites for hydroxylation is 1. The Morgan fingerprint density at radius 2 is 2.08 bits per heavy atom. The number of thioether (sulfide) groups is 1. The Morgan fingerprint density at radius 1 is 1.28 bits per heavy atom. The van der Waals surface area contributed by atoms with E-state index in [0.717, 1.165) is 5.56 Å². The van der Waals surface area contributed by atoms with Crippen LogP contribution < -0.4 is 0 Å². The highest BCUT2D eigenvalue weighted by atomic mass is 32.2. The predicted molar refractivity (Wildman–Crippen MR) is 99.3 cm³/mol. The molecular weight excluding hydrogens is 339 g/mol. The van der Waals surface area contributed by atoms with Crippen LogP contribution in [-0.2, 0) is 4.79 Å². The Hall–Kier alpha value is -2.60. The molecule has 1 amide bonds. The van der Waals surface area contributed by atoms with Crippen molar-refractivity contribution in [3.8, 4) is 5.75 Å². The van der Waals surface area contributed by atoms with Gasteiger partial charge in [-0.15, -0.1) is 0 Å². The number of halogens is 1. The number of phenols is 1. The third kappa shape index (κ3) is 3.74. The van der Waals surface area contributed by atoms with E-state index in [9.17, 15) is 14.3 Å². The van der Waals surface area contributed by atoms with Crippen LogP contribution in [0.15, 0.2) is 52.4 Å². The second-order valence-corrected chi connectivity index (χ2v) is 6.61. The van der Waals surface area contributed by atoms with Gasteiger partial charge in [0, 0.05) is 6.54 Å². The van der Waals surface area contributed by atoms with E-state index >= 15 is 0 Å². The number of phenolic OH excluding ortho intramolecular Hbond substituents is 1. The Balaban J connectivity index is 1.96. The van der Waals surface area contributed by atoms with E-state index in [4.69, 9.17) is 0 Å². The quantitative estimate of drug-likeness (QED) is 0.826. The number of hydrogen-bond donors (Lipinski definition) is 1. The van der Waals surface area contributed by atoms with Gasteiger partial charge >= 0.3 is 0 Å². The molecule has 0 atom stereocenters. The lowest BCUT2D eigenvalue weighted by Crippen LogP contribution is -2.28. The fourth-order valence-electron chi connectivity index (χ4n) is 2.45. The Morgan fingerprint density at radius 3 is 2.76 bits per heavy atom. The summed E-state index contributed by atoms with van der Waals surface area (Å²) in [4.78, 5) is 19.0. The van der Waals surface area contributed by atoms with Crippen LogP contribution in [0.25, 0.3) is 6.08 Å². The highest BCUT2D eigenvalue weighted by Crippen LogP contribution is 2.36. The van der Waals surface area contributed by atoms with Crippen molar-refractivity contribution in [2.24, 2.45) is 4.99 Å². The highest BCUT2D eigenvalue weighted by Gasteiger charge is 2.32. The molecule has 1 saturated heterocycles. The average molecular weight is 356 g/mol. The van der Waals surface area contributed by atoms with E-state index in [1.54, 1.807) is 30.3 Å². The maximum absolute atomic E-state index is 13.3. The molecule has 4 nitrogen and oxygen atoms in total. The van der Waals surface area contributed by atoms with E-state index in [0.29, 0.717) is 27.9 Å². The van der Waals surface area contributed by atoms with Gasteiger partial charge in [0.05, 0.1) is 4.91 Å². The molecule has 25 heavy (non-hydrogen) atoms. The molecule has 128 valence electrons. The van der Waals surface area contributed by atoms with Gasteiger partial charge in [-0.05, 0) is 67.1 Å². The summed E-state index contributed by atoms with van der Waals surface area (Å²) in [7, 11) is 0. The first-order valence-corrected chi connectivity index (χ1v) is 8.65. The van der Waals surface area contributed by atoms with Crippen LogP contribution >= 0.6 is 11.8 Å². The summed E-state index contributed by atoms with van der Waals surface area (Å²) in [6.07, 6.45) is 1.65. The summed E-state index contributed by atoms with van der Waals surface area (Å²) in [6, 6.07) is 11.3. The summed E-state index contributed by atoms with van der Waals surface area (Å²) in [5.41, 5.74) is 1.95. The van der Waals surface area contributed by atoms with Crippen LogP contribution in [0, 0.1) is 12.7 Å². The van der Waals surface area contributed by atoms with E-state index in [-0.39, 0.29) is 17.5 Å². The number of hydrogen-bond acceptors (Lipinski definition) is 4. The second kappa shape index (κ2) is 7.11. The minimum absolute atomic E-state index is 0.0687. The van der Waals surface area contributed by atoms with Crippen LogP contribution in [0.4, 0.5) is 10.1 Å². The van der Waals surface area contributed by atoms with Gasteiger partial charge in [-0.2, -0.15) is 0 Å². The van der Waals surface area contributed by atoms with Crippen molar-refractivity contribution in [1.29, 1.82) is 0 Å². The van der Waals surface area contributed by atoms with Gasteiger partial charge in [-0.1, -0.05) is 18.2 Å². The van der Waals surface area contributed by atoms with E-state index in [2.05, 4.69) is 4.99 Å². The fourth-order valence-corrected chi connectivity index (χ4v) is 3.50. The molecule has 1 N–H and O–H groups in total. The van der Waals surface area contributed by atoms with Gasteiger partial charge in [0.1, 0.15) is 17.3 Å². The summed E-state index contributed by atoms with van der Waals surface area (Å²) < 4.78 is 13.3. The second-order valence-electron chi connectivity index (χ2n) is 5.60. The number of amidine groups is 1. The molecule has 1 aliphatic rings. The van der Waals surface area contributed by atoms with Gasteiger partial charge in [0.2, 0.25) is 0 Å². The minimum atomic E-state index is -0.351. The molecule has 0 unspecified atom stereocenters. The molecule has 1 heterocycles. The molecule has 0 aliphatic carbocycles. The fraction of sp³-hybridized carbons (Fsp3) is 0.158. The number of benzene rings is 2. The lowest BCUT2D eigenvalue weighted by molar-refractivity contribution is -0.122. The van der Waals surface area contributed by atoms with E-state index < -0.39 is 0 Å². The summed E-state index contributed by atoms with van der Waals surface area (Å²) >= 11 is 1.21. The smallest absolute Gasteiger partial charge is 0.266 e. The van der Waals surface area contributed by atoms with Gasteiger partial charge < -0.3 is 5.11 Å². The molecule has 0 aromatic heterocycles. The van der Waals surface area contributed by atoms with Crippen LogP contribution in [0.3, 0.4) is 0 Å². The van der Waals surface area contributed by atoms with Crippen LogP contribution in [0.1, 0.15) is 18.1 Å². The number of rotatable bonds is 3. The molecule has 0 saturated carbocycles. The molecule has 0 bridgehead atoms. The summed E-state index contributed by atoms with van der Waals surface area (Å²) in [5, 5.41) is 10.5. The molecule has 2 aromatic carbocycles. The van der Waals surface area contributed by atoms with Crippen molar-refractivity contribution >= 4 is 34.6 Å². The van der Waals surface area contributed by atoms with Crippen molar-refractivity contribution in [1.82, 2.24) is 4.90 Å². The van der Waals surface area contributed by atoms with Gasteiger partial charge in [-0.25, -0.2) is 9.38 Å². The SMILES string of the molecule is CCN1C(=O)/C(=C/c2cccc(F)c2)SC1=Nc1ccc(C)cc1O. The van der Waals surface area contributed by atoms with Crippen LogP contribution in [0.5, 0.6) is 5.75 Å². The molecular formula is C19H17FN2O2S. The van der Waals surface area contributed by atoms with E-state index in [1.807, 2.05) is 19.9 Å². The number of carbonyl (C=O) groups excluding carboxylic acids is 1. The van der Waals surface area contributed by atoms with Crippen LogP contribution in [0.2, 0.25) is 0 Å². The molecule has 2 aromatic rings. The van der Waals surface area contributed by atoms with Crippen molar-refractivity contribution in [2.75, 3.05) is 6.54 Å². The highest BCUT2D eigenvalue weighted by molar-refractivity contribution is 8.18. The molecule has 6 heteroatoms. The molecule has 1 aliphatic heterocycles. The standard InChI is InChI=1S/C19H17FN2O2S/c1-3-22-18(24)17(11-13-5-4-6-14(20)10-13)25-19(22)21-15-8-7-12(2)9-16(15)23/h4-11,23H,3H2,1-2H3/b17-11-,21-19?. The third-order valence-electron chi connectivity index (χ3n) is 3.70. The molecule has 0 radical (unpaired) electrons. The molecule has 0 spiro atoms. The summed E-state index contributed by atoms with van der Waals surface area (Å²) in [6.45, 7) is 4.19. The van der Waals surface area contributed by atoms with Crippen LogP contribution in [-0.4, -0.2) is 27.6 Å². The normalized spacial score (nSPS) is 17.7. The zero-order valence-electron chi connectivity index (χ0n) is 13.9. The third-order valence-corrected chi connectivity index (χ3v) is 4.70. The maximum atomic E-state index is 13.3. The van der Waals surface area contributed by atoms with Gasteiger partial charge in [0.15, 0.2) is 5.17 Å². The van der Waals surface area contributed by atoms with Gasteiger partial charge in [0.25, 0.3) is 5.91 Å². The number of aliphatic imine (C=N–C) groups is 1. The van der Waals surface area contributed by atoms with Crippen molar-refractivity contribution in [3.63, 3.8) is 0 Å². The lowest BCUT2D eigenvalue weighted by Gasteiger charge is -2.12. The molecule has 1 fully saturated rings. The zero-order valence-corrected chi connectivity index (χ0v) is 14.7. The first-order chi connectivity index (χ1) is 12.0. The zero-order chi connectivity index (χ0) is 18.0. The number of amides is 1. The predicted octanol–water partition coefficient (Wildman–Crippen LogP) is 4.46. The molecule has 3 rings (SSSR count). The summed E-state index contributed by atoms with van der Waals surface area (Å²) in [5.74, 6) is -0.461. The maximum Gasteiger partial charge on any atom is 0.266 e. The first kappa shape index (κ1) is 17.2. The Labute approximate surface area is 149 Å². The average Bonchev–Trinajstić information content (AvgIpc) is 2.85. The Bertz CT molecular complexity index is 893. The largest absolute Gasteiger partial charge is 0.506 e. The van der Waals surface area contributed by atoms with E-state index in [1.165, 1.54) is 28.8 Å². The Kier molecular flexibility index (Phi) is 4.90. The van der Waals surface area contributed by atoms with Crippen molar-refractivity contribution < 1.29 is 14.3 Å². The number of likely N-dealkylation sites (N-methyl/N-ethyl adjacent to an activating group) is 1. The number of carbonyl (C=O) groups is 1.